The van der Waals surface area contributed by atoms with E-state index in [4.69, 9.17) is 4.42 Å². The number of thiophene rings is 1. The van der Waals surface area contributed by atoms with Crippen LogP contribution in [0, 0.1) is 6.92 Å². The molecule has 0 amide bonds. The highest BCUT2D eigenvalue weighted by molar-refractivity contribution is 7.12. The molecule has 0 saturated carbocycles. The third-order valence-corrected chi connectivity index (χ3v) is 5.35. The van der Waals surface area contributed by atoms with Crippen molar-refractivity contribution < 1.29 is 9.52 Å². The number of aliphatic hydroxyl groups is 1. The van der Waals surface area contributed by atoms with Gasteiger partial charge in [0, 0.05) is 15.1 Å². The maximum atomic E-state index is 10.6. The van der Waals surface area contributed by atoms with Gasteiger partial charge in [-0.25, -0.2) is 0 Å². The third kappa shape index (κ3) is 1.81. The van der Waals surface area contributed by atoms with Crippen LogP contribution >= 0.6 is 11.3 Å². The zero-order valence-electron chi connectivity index (χ0n) is 11.3. The predicted octanol–water partition coefficient (Wildman–Crippen LogP) is 4.37. The number of aliphatic hydroxyl groups excluding tert-OH is 1. The molecule has 1 aliphatic carbocycles. The van der Waals surface area contributed by atoms with Gasteiger partial charge in [-0.15, -0.1) is 11.3 Å². The molecule has 0 aliphatic heterocycles. The zero-order chi connectivity index (χ0) is 13.7. The SMILES string of the molecule is Cc1cccc2cc(C(O)c3cc4c(s3)CCC4)oc12. The van der Waals surface area contributed by atoms with Crippen molar-refractivity contribution in [2.45, 2.75) is 32.3 Å². The van der Waals surface area contributed by atoms with Crippen molar-refractivity contribution in [1.82, 2.24) is 0 Å². The average Bonchev–Trinajstić information content (AvgIpc) is 3.11. The highest BCUT2D eigenvalue weighted by Crippen LogP contribution is 2.37. The number of benzene rings is 1. The molecular formula is C17H16O2S. The smallest absolute Gasteiger partial charge is 0.146 e. The van der Waals surface area contributed by atoms with Crippen molar-refractivity contribution in [2.75, 3.05) is 0 Å². The first-order valence-electron chi connectivity index (χ1n) is 7.01. The van der Waals surface area contributed by atoms with Crippen LogP contribution in [0.2, 0.25) is 0 Å². The second-order valence-corrected chi connectivity index (χ2v) is 6.66. The van der Waals surface area contributed by atoms with Crippen LogP contribution in [0.3, 0.4) is 0 Å². The Hall–Kier alpha value is -1.58. The summed E-state index contributed by atoms with van der Waals surface area (Å²) < 4.78 is 5.87. The van der Waals surface area contributed by atoms with Gasteiger partial charge in [-0.2, -0.15) is 0 Å². The molecule has 2 nitrogen and oxygen atoms in total. The number of hydrogen-bond acceptors (Lipinski definition) is 3. The van der Waals surface area contributed by atoms with Gasteiger partial charge in [0.25, 0.3) is 0 Å². The zero-order valence-corrected chi connectivity index (χ0v) is 12.2. The molecule has 0 radical (unpaired) electrons. The van der Waals surface area contributed by atoms with Crippen molar-refractivity contribution in [2.24, 2.45) is 0 Å². The first kappa shape index (κ1) is 12.2. The van der Waals surface area contributed by atoms with E-state index >= 15 is 0 Å². The first-order chi connectivity index (χ1) is 9.72. The molecule has 0 bridgehead atoms. The Labute approximate surface area is 121 Å². The number of aryl methyl sites for hydroxylation is 3. The molecule has 0 spiro atoms. The van der Waals surface area contributed by atoms with Crippen LogP contribution in [0.1, 0.15) is 39.2 Å². The van der Waals surface area contributed by atoms with Gasteiger partial charge in [-0.1, -0.05) is 18.2 Å². The Morgan fingerprint density at radius 1 is 1.25 bits per heavy atom. The Morgan fingerprint density at radius 3 is 2.95 bits per heavy atom. The molecule has 1 atom stereocenters. The molecule has 4 rings (SSSR count). The van der Waals surface area contributed by atoms with Crippen LogP contribution in [0.5, 0.6) is 0 Å². The predicted molar refractivity (Wildman–Crippen MR) is 81.4 cm³/mol. The normalized spacial score (nSPS) is 15.7. The summed E-state index contributed by atoms with van der Waals surface area (Å²) in [6, 6.07) is 10.2. The van der Waals surface area contributed by atoms with E-state index in [0.717, 1.165) is 34.3 Å². The van der Waals surface area contributed by atoms with Gasteiger partial charge in [0.05, 0.1) is 0 Å². The Morgan fingerprint density at radius 2 is 2.15 bits per heavy atom. The second kappa shape index (κ2) is 4.47. The molecule has 0 fully saturated rings. The van der Waals surface area contributed by atoms with E-state index in [-0.39, 0.29) is 0 Å². The van der Waals surface area contributed by atoms with Crippen molar-refractivity contribution in [3.8, 4) is 0 Å². The number of hydrogen-bond donors (Lipinski definition) is 1. The van der Waals surface area contributed by atoms with E-state index in [1.165, 1.54) is 16.9 Å². The highest BCUT2D eigenvalue weighted by atomic mass is 32.1. The van der Waals surface area contributed by atoms with Crippen molar-refractivity contribution in [3.63, 3.8) is 0 Å². The second-order valence-electron chi connectivity index (χ2n) is 5.50. The van der Waals surface area contributed by atoms with Crippen molar-refractivity contribution >= 4 is 22.3 Å². The Kier molecular flexibility index (Phi) is 2.72. The van der Waals surface area contributed by atoms with Crippen LogP contribution in [0.25, 0.3) is 11.0 Å². The number of para-hydroxylation sites is 1. The van der Waals surface area contributed by atoms with E-state index in [1.54, 1.807) is 11.3 Å². The van der Waals surface area contributed by atoms with Crippen molar-refractivity contribution in [1.29, 1.82) is 0 Å². The lowest BCUT2D eigenvalue weighted by Crippen LogP contribution is -1.94. The van der Waals surface area contributed by atoms with Crippen LogP contribution < -0.4 is 0 Å². The summed E-state index contributed by atoms with van der Waals surface area (Å²) in [4.78, 5) is 2.44. The molecule has 3 aromatic rings. The molecule has 1 aliphatic rings. The average molecular weight is 284 g/mol. The van der Waals surface area contributed by atoms with Gasteiger partial charge in [-0.3, -0.25) is 0 Å². The summed E-state index contributed by atoms with van der Waals surface area (Å²) in [5.74, 6) is 0.647. The van der Waals surface area contributed by atoms with E-state index in [0.29, 0.717) is 5.76 Å². The summed E-state index contributed by atoms with van der Waals surface area (Å²) >= 11 is 1.73. The summed E-state index contributed by atoms with van der Waals surface area (Å²) in [6.07, 6.45) is 2.92. The van der Waals surface area contributed by atoms with Crippen molar-refractivity contribution in [3.05, 3.63) is 57.0 Å². The molecule has 3 heteroatoms. The maximum Gasteiger partial charge on any atom is 0.146 e. The summed E-state index contributed by atoms with van der Waals surface area (Å²) in [5, 5.41) is 11.6. The fourth-order valence-corrected chi connectivity index (χ4v) is 4.24. The van der Waals surface area contributed by atoms with Gasteiger partial charge in [0.1, 0.15) is 17.4 Å². The minimum absolute atomic E-state index is 0.641. The number of fused-ring (bicyclic) bond motifs is 2. The first-order valence-corrected chi connectivity index (χ1v) is 7.82. The molecule has 1 N–H and O–H groups in total. The molecular weight excluding hydrogens is 268 g/mol. The molecule has 2 heterocycles. The lowest BCUT2D eigenvalue weighted by atomic mass is 10.1. The molecule has 1 aromatic carbocycles. The molecule has 20 heavy (non-hydrogen) atoms. The highest BCUT2D eigenvalue weighted by Gasteiger charge is 2.22. The van der Waals surface area contributed by atoms with Gasteiger partial charge in [-0.05, 0) is 49.4 Å². The van der Waals surface area contributed by atoms with Crippen LogP contribution in [-0.4, -0.2) is 5.11 Å². The number of rotatable bonds is 2. The lowest BCUT2D eigenvalue weighted by molar-refractivity contribution is 0.196. The fourth-order valence-electron chi connectivity index (χ4n) is 2.99. The fraction of sp³-hybridized carbons (Fsp3) is 0.294. The minimum atomic E-state index is -0.641. The molecule has 102 valence electrons. The molecule has 2 aromatic heterocycles. The Bertz CT molecular complexity index is 760. The quantitative estimate of drug-likeness (QED) is 0.758. The minimum Gasteiger partial charge on any atom is -0.458 e. The van der Waals surface area contributed by atoms with Crippen LogP contribution in [-0.2, 0) is 12.8 Å². The number of furan rings is 1. The van der Waals surface area contributed by atoms with Gasteiger partial charge in [0.2, 0.25) is 0 Å². The largest absolute Gasteiger partial charge is 0.458 e. The summed E-state index contributed by atoms with van der Waals surface area (Å²) in [5.41, 5.74) is 3.40. The monoisotopic (exact) mass is 284 g/mol. The van der Waals surface area contributed by atoms with Gasteiger partial charge in [0.15, 0.2) is 0 Å². The molecule has 1 unspecified atom stereocenters. The van der Waals surface area contributed by atoms with E-state index in [2.05, 4.69) is 6.07 Å². The van der Waals surface area contributed by atoms with E-state index in [9.17, 15) is 5.11 Å². The topological polar surface area (TPSA) is 33.4 Å². The van der Waals surface area contributed by atoms with E-state index in [1.807, 2.05) is 31.2 Å². The van der Waals surface area contributed by atoms with Gasteiger partial charge < -0.3 is 9.52 Å². The lowest BCUT2D eigenvalue weighted by Gasteiger charge is -2.04. The van der Waals surface area contributed by atoms with Gasteiger partial charge >= 0.3 is 0 Å². The van der Waals surface area contributed by atoms with Crippen LogP contribution in [0.15, 0.2) is 34.7 Å². The summed E-state index contributed by atoms with van der Waals surface area (Å²) in [7, 11) is 0. The maximum absolute atomic E-state index is 10.6. The standard InChI is InChI=1S/C17H16O2S/c1-10-4-2-6-12-8-13(19-17(10)12)16(18)15-9-11-5-3-7-14(11)20-15/h2,4,6,8-9,16,18H,3,5,7H2,1H3. The Balaban J connectivity index is 1.75. The van der Waals surface area contributed by atoms with Crippen LogP contribution in [0.4, 0.5) is 0 Å². The summed E-state index contributed by atoms with van der Waals surface area (Å²) in [6.45, 7) is 2.03. The van der Waals surface area contributed by atoms with E-state index < -0.39 is 6.10 Å². The third-order valence-electron chi connectivity index (χ3n) is 4.06. The molecule has 0 saturated heterocycles.